The summed E-state index contributed by atoms with van der Waals surface area (Å²) in [6.45, 7) is 0. The van der Waals surface area contributed by atoms with Crippen LogP contribution in [-0.4, -0.2) is 9.55 Å². The fourth-order valence-electron chi connectivity index (χ4n) is 7.48. The molecule has 3 nitrogen and oxygen atoms in total. The zero-order valence-electron chi connectivity index (χ0n) is 26.0. The second-order valence-corrected chi connectivity index (χ2v) is 12.3. The summed E-state index contributed by atoms with van der Waals surface area (Å²) in [7, 11) is 0. The SMILES string of the molecule is c1ccc(-c2nc3ccccc3n2-c2ccc(-c3c4ccccc4c(-c4ccc5oc6ccccc6c5c4)c4ccccc34)cc2)cc1. The predicted molar refractivity (Wildman–Crippen MR) is 200 cm³/mol. The summed E-state index contributed by atoms with van der Waals surface area (Å²) in [6, 6.07) is 60.3. The van der Waals surface area contributed by atoms with Gasteiger partial charge in [-0.1, -0.05) is 127 Å². The van der Waals surface area contributed by atoms with Gasteiger partial charge in [0.05, 0.1) is 11.0 Å². The highest BCUT2D eigenvalue weighted by atomic mass is 16.3. The Kier molecular flexibility index (Phi) is 5.87. The third kappa shape index (κ3) is 4.04. The van der Waals surface area contributed by atoms with E-state index >= 15 is 0 Å². The van der Waals surface area contributed by atoms with Gasteiger partial charge in [-0.2, -0.15) is 0 Å². The zero-order chi connectivity index (χ0) is 31.6. The number of hydrogen-bond donors (Lipinski definition) is 0. The van der Waals surface area contributed by atoms with Crippen molar-refractivity contribution >= 4 is 54.5 Å². The molecule has 8 aromatic carbocycles. The lowest BCUT2D eigenvalue weighted by Crippen LogP contribution is -1.97. The van der Waals surface area contributed by atoms with E-state index < -0.39 is 0 Å². The fraction of sp³-hybridized carbons (Fsp3) is 0. The number of fused-ring (bicyclic) bond motifs is 6. The molecule has 0 aliphatic carbocycles. The van der Waals surface area contributed by atoms with Gasteiger partial charge in [0, 0.05) is 22.0 Å². The molecule has 0 spiro atoms. The molecular weight excluding hydrogens is 585 g/mol. The number of benzene rings is 8. The van der Waals surface area contributed by atoms with Crippen LogP contribution in [0.2, 0.25) is 0 Å². The number of rotatable bonds is 4. The van der Waals surface area contributed by atoms with E-state index in [2.05, 4.69) is 150 Å². The quantitative estimate of drug-likeness (QED) is 0.185. The van der Waals surface area contributed by atoms with Gasteiger partial charge < -0.3 is 4.42 Å². The van der Waals surface area contributed by atoms with Crippen molar-refractivity contribution in [3.05, 3.63) is 170 Å². The van der Waals surface area contributed by atoms with Crippen molar-refractivity contribution in [1.29, 1.82) is 0 Å². The van der Waals surface area contributed by atoms with Crippen LogP contribution in [0.4, 0.5) is 0 Å². The van der Waals surface area contributed by atoms with Crippen molar-refractivity contribution in [1.82, 2.24) is 9.55 Å². The average molecular weight is 613 g/mol. The van der Waals surface area contributed by atoms with Crippen LogP contribution in [0.25, 0.3) is 93.8 Å². The molecule has 0 radical (unpaired) electrons. The lowest BCUT2D eigenvalue weighted by atomic mass is 9.85. The van der Waals surface area contributed by atoms with E-state index in [4.69, 9.17) is 9.40 Å². The minimum atomic E-state index is 0.909. The third-order valence-corrected chi connectivity index (χ3v) is 9.60. The standard InChI is InChI=1S/C45H28N2O/c1-2-12-30(13-3-1)45-46-39-19-9-10-20-40(39)47(45)32-25-22-29(23-26-32)43-34-15-4-6-17-36(34)44(37-18-7-5-16-35(37)43)31-24-27-42-38(28-31)33-14-8-11-21-41(33)48-42/h1-28H. The molecule has 0 atom stereocenters. The molecular formula is C45H28N2O. The van der Waals surface area contributed by atoms with Crippen LogP contribution in [0.15, 0.2) is 174 Å². The average Bonchev–Trinajstić information content (AvgIpc) is 3.73. The number of nitrogens with zero attached hydrogens (tertiary/aromatic N) is 2. The first-order valence-electron chi connectivity index (χ1n) is 16.3. The van der Waals surface area contributed by atoms with Gasteiger partial charge in [-0.3, -0.25) is 4.57 Å². The maximum absolute atomic E-state index is 6.18. The molecule has 2 aromatic heterocycles. The highest BCUT2D eigenvalue weighted by Crippen LogP contribution is 2.45. The molecule has 10 rings (SSSR count). The molecule has 0 unspecified atom stereocenters. The Morgan fingerprint density at radius 2 is 0.938 bits per heavy atom. The van der Waals surface area contributed by atoms with Crippen molar-refractivity contribution in [2.45, 2.75) is 0 Å². The van der Waals surface area contributed by atoms with Crippen LogP contribution in [-0.2, 0) is 0 Å². The number of hydrogen-bond acceptors (Lipinski definition) is 2. The molecule has 0 aliphatic rings. The maximum Gasteiger partial charge on any atom is 0.145 e. The van der Waals surface area contributed by atoms with E-state index in [-0.39, 0.29) is 0 Å². The van der Waals surface area contributed by atoms with E-state index in [1.807, 2.05) is 24.3 Å². The first-order chi connectivity index (χ1) is 23.8. The van der Waals surface area contributed by atoms with Gasteiger partial charge in [-0.05, 0) is 86.3 Å². The minimum Gasteiger partial charge on any atom is -0.456 e. The molecule has 224 valence electrons. The molecule has 10 aromatic rings. The monoisotopic (exact) mass is 612 g/mol. The number of para-hydroxylation sites is 3. The summed E-state index contributed by atoms with van der Waals surface area (Å²) >= 11 is 0. The van der Waals surface area contributed by atoms with Crippen molar-refractivity contribution < 1.29 is 4.42 Å². The largest absolute Gasteiger partial charge is 0.456 e. The third-order valence-electron chi connectivity index (χ3n) is 9.60. The van der Waals surface area contributed by atoms with Crippen LogP contribution in [0, 0.1) is 0 Å². The Bertz CT molecular complexity index is 2770. The van der Waals surface area contributed by atoms with Crippen LogP contribution >= 0.6 is 0 Å². The van der Waals surface area contributed by atoms with Crippen molar-refractivity contribution in [2.24, 2.45) is 0 Å². The molecule has 0 bridgehead atoms. The van der Waals surface area contributed by atoms with Gasteiger partial charge in [0.2, 0.25) is 0 Å². The minimum absolute atomic E-state index is 0.909. The van der Waals surface area contributed by atoms with Gasteiger partial charge in [0.25, 0.3) is 0 Å². The highest BCUT2D eigenvalue weighted by Gasteiger charge is 2.19. The molecule has 3 heteroatoms. The summed E-state index contributed by atoms with van der Waals surface area (Å²) < 4.78 is 8.45. The molecule has 48 heavy (non-hydrogen) atoms. The van der Waals surface area contributed by atoms with Crippen LogP contribution in [0.5, 0.6) is 0 Å². The van der Waals surface area contributed by atoms with Gasteiger partial charge >= 0.3 is 0 Å². The summed E-state index contributed by atoms with van der Waals surface area (Å²) in [5, 5.41) is 7.20. The number of aromatic nitrogens is 2. The van der Waals surface area contributed by atoms with Crippen molar-refractivity contribution in [3.63, 3.8) is 0 Å². The summed E-state index contributed by atoms with van der Waals surface area (Å²) in [4.78, 5) is 5.05. The fourth-order valence-corrected chi connectivity index (χ4v) is 7.48. The van der Waals surface area contributed by atoms with Gasteiger partial charge in [0.1, 0.15) is 17.0 Å². The van der Waals surface area contributed by atoms with E-state index in [0.29, 0.717) is 0 Å². The summed E-state index contributed by atoms with van der Waals surface area (Å²) in [5.74, 6) is 0.937. The van der Waals surface area contributed by atoms with Gasteiger partial charge in [0.15, 0.2) is 0 Å². The molecule has 0 saturated carbocycles. The predicted octanol–water partition coefficient (Wildman–Crippen LogP) is 12.2. The van der Waals surface area contributed by atoms with E-state index in [1.165, 1.54) is 43.8 Å². The summed E-state index contributed by atoms with van der Waals surface area (Å²) in [6.07, 6.45) is 0. The summed E-state index contributed by atoms with van der Waals surface area (Å²) in [5.41, 5.74) is 10.9. The first kappa shape index (κ1) is 26.7. The Hall–Kier alpha value is -6.45. The molecule has 0 amide bonds. The Morgan fingerprint density at radius 1 is 0.396 bits per heavy atom. The number of furan rings is 1. The van der Waals surface area contributed by atoms with Crippen LogP contribution < -0.4 is 0 Å². The molecule has 0 fully saturated rings. The molecule has 0 saturated heterocycles. The van der Waals surface area contributed by atoms with Crippen LogP contribution in [0.1, 0.15) is 0 Å². The smallest absolute Gasteiger partial charge is 0.145 e. The second-order valence-electron chi connectivity index (χ2n) is 12.3. The first-order valence-corrected chi connectivity index (χ1v) is 16.3. The van der Waals surface area contributed by atoms with Gasteiger partial charge in [-0.25, -0.2) is 4.98 Å². The Labute approximate surface area is 277 Å². The van der Waals surface area contributed by atoms with E-state index in [0.717, 1.165) is 50.0 Å². The zero-order valence-corrected chi connectivity index (χ0v) is 26.0. The Morgan fingerprint density at radius 3 is 1.65 bits per heavy atom. The second kappa shape index (κ2) is 10.5. The molecule has 0 N–H and O–H groups in total. The topological polar surface area (TPSA) is 31.0 Å². The van der Waals surface area contributed by atoms with Crippen molar-refractivity contribution in [3.8, 4) is 39.3 Å². The van der Waals surface area contributed by atoms with E-state index in [9.17, 15) is 0 Å². The lowest BCUT2D eigenvalue weighted by molar-refractivity contribution is 0.669. The Balaban J connectivity index is 1.18. The lowest BCUT2D eigenvalue weighted by Gasteiger charge is -2.18. The molecule has 0 aliphatic heterocycles. The van der Waals surface area contributed by atoms with E-state index in [1.54, 1.807) is 0 Å². The van der Waals surface area contributed by atoms with Gasteiger partial charge in [-0.15, -0.1) is 0 Å². The van der Waals surface area contributed by atoms with Crippen molar-refractivity contribution in [2.75, 3.05) is 0 Å². The highest BCUT2D eigenvalue weighted by molar-refractivity contribution is 6.22. The molecule has 2 heterocycles. The maximum atomic E-state index is 6.18. The number of imidazole rings is 1. The normalized spacial score (nSPS) is 11.8. The van der Waals surface area contributed by atoms with Crippen LogP contribution in [0.3, 0.4) is 0 Å².